The van der Waals surface area contributed by atoms with Crippen LogP contribution in [0.2, 0.25) is 0 Å². The van der Waals surface area contributed by atoms with E-state index in [1.165, 1.54) is 6.42 Å². The SMILES string of the molecule is CC(CC1COCCN1)NC1CCCC1C#N. The van der Waals surface area contributed by atoms with Crippen LogP contribution in [0.25, 0.3) is 0 Å². The highest BCUT2D eigenvalue weighted by atomic mass is 16.5. The second kappa shape index (κ2) is 6.34. The van der Waals surface area contributed by atoms with Crippen LogP contribution in [0.3, 0.4) is 0 Å². The first kappa shape index (κ1) is 12.8. The van der Waals surface area contributed by atoms with Crippen LogP contribution < -0.4 is 10.6 Å². The third kappa shape index (κ3) is 3.67. The molecule has 0 aromatic carbocycles. The lowest BCUT2D eigenvalue weighted by molar-refractivity contribution is 0.0706. The molecule has 0 aromatic heterocycles. The predicted octanol–water partition coefficient (Wildman–Crippen LogP) is 1.04. The van der Waals surface area contributed by atoms with Gasteiger partial charge in [0.05, 0.1) is 25.2 Å². The molecular formula is C13H23N3O. The van der Waals surface area contributed by atoms with Gasteiger partial charge in [-0.05, 0) is 26.2 Å². The number of nitrogens with zero attached hydrogens (tertiary/aromatic N) is 1. The summed E-state index contributed by atoms with van der Waals surface area (Å²) in [6.07, 6.45) is 4.48. The van der Waals surface area contributed by atoms with Crippen LogP contribution in [0.4, 0.5) is 0 Å². The van der Waals surface area contributed by atoms with Crippen molar-refractivity contribution in [1.82, 2.24) is 10.6 Å². The fourth-order valence-electron chi connectivity index (χ4n) is 2.95. The Kier molecular flexibility index (Phi) is 4.78. The minimum absolute atomic E-state index is 0.216. The maximum absolute atomic E-state index is 9.05. The lowest BCUT2D eigenvalue weighted by Crippen LogP contribution is -2.47. The summed E-state index contributed by atoms with van der Waals surface area (Å²) in [6.45, 7) is 4.82. The first-order valence-corrected chi connectivity index (χ1v) is 6.76. The molecule has 4 unspecified atom stereocenters. The zero-order valence-electron chi connectivity index (χ0n) is 10.6. The summed E-state index contributed by atoms with van der Waals surface area (Å²) in [7, 11) is 0. The molecule has 0 spiro atoms. The van der Waals surface area contributed by atoms with Crippen molar-refractivity contribution in [2.45, 2.75) is 50.7 Å². The molecule has 2 fully saturated rings. The molecule has 1 aliphatic carbocycles. The zero-order valence-corrected chi connectivity index (χ0v) is 10.6. The van der Waals surface area contributed by atoms with E-state index in [9.17, 15) is 0 Å². The van der Waals surface area contributed by atoms with E-state index in [0.29, 0.717) is 18.1 Å². The van der Waals surface area contributed by atoms with Crippen molar-refractivity contribution in [3.05, 3.63) is 0 Å². The zero-order chi connectivity index (χ0) is 12.1. The Morgan fingerprint density at radius 1 is 1.53 bits per heavy atom. The highest BCUT2D eigenvalue weighted by Crippen LogP contribution is 2.25. The number of ether oxygens (including phenoxy) is 1. The van der Waals surface area contributed by atoms with E-state index in [2.05, 4.69) is 23.6 Å². The molecule has 2 rings (SSSR count). The Morgan fingerprint density at radius 2 is 2.41 bits per heavy atom. The summed E-state index contributed by atoms with van der Waals surface area (Å²) in [4.78, 5) is 0. The Bertz CT molecular complexity index is 270. The molecule has 2 aliphatic rings. The van der Waals surface area contributed by atoms with E-state index in [4.69, 9.17) is 10.00 Å². The van der Waals surface area contributed by atoms with Crippen molar-refractivity contribution in [2.24, 2.45) is 5.92 Å². The van der Waals surface area contributed by atoms with Gasteiger partial charge in [0.15, 0.2) is 0 Å². The Labute approximate surface area is 104 Å². The van der Waals surface area contributed by atoms with Crippen molar-refractivity contribution >= 4 is 0 Å². The minimum Gasteiger partial charge on any atom is -0.379 e. The first-order valence-electron chi connectivity index (χ1n) is 6.76. The van der Waals surface area contributed by atoms with Crippen molar-refractivity contribution in [1.29, 1.82) is 5.26 Å². The highest BCUT2D eigenvalue weighted by molar-refractivity contribution is 4.97. The van der Waals surface area contributed by atoms with Crippen LogP contribution in [-0.2, 0) is 4.74 Å². The molecule has 1 saturated carbocycles. The average molecular weight is 237 g/mol. The number of hydrogen-bond donors (Lipinski definition) is 2. The molecule has 0 aromatic rings. The van der Waals surface area contributed by atoms with Crippen LogP contribution in [0.1, 0.15) is 32.6 Å². The van der Waals surface area contributed by atoms with Gasteiger partial charge in [-0.1, -0.05) is 6.42 Å². The fourth-order valence-corrected chi connectivity index (χ4v) is 2.95. The molecule has 1 heterocycles. The number of nitriles is 1. The summed E-state index contributed by atoms with van der Waals surface area (Å²) in [6, 6.07) is 3.74. The predicted molar refractivity (Wildman–Crippen MR) is 66.6 cm³/mol. The smallest absolute Gasteiger partial charge is 0.0672 e. The largest absolute Gasteiger partial charge is 0.379 e. The van der Waals surface area contributed by atoms with Crippen LogP contribution in [0.15, 0.2) is 0 Å². The van der Waals surface area contributed by atoms with Gasteiger partial charge < -0.3 is 15.4 Å². The number of nitrogens with one attached hydrogen (secondary N) is 2. The number of rotatable bonds is 4. The van der Waals surface area contributed by atoms with Gasteiger partial charge in [0.25, 0.3) is 0 Å². The van der Waals surface area contributed by atoms with Crippen molar-refractivity contribution < 1.29 is 4.74 Å². The summed E-state index contributed by atoms with van der Waals surface area (Å²) < 4.78 is 5.45. The van der Waals surface area contributed by atoms with Gasteiger partial charge in [-0.2, -0.15) is 5.26 Å². The molecule has 96 valence electrons. The first-order chi connectivity index (χ1) is 8.29. The van der Waals surface area contributed by atoms with Gasteiger partial charge in [0, 0.05) is 24.7 Å². The van der Waals surface area contributed by atoms with Crippen molar-refractivity contribution in [2.75, 3.05) is 19.8 Å². The maximum atomic E-state index is 9.05. The van der Waals surface area contributed by atoms with E-state index in [-0.39, 0.29) is 5.92 Å². The molecule has 0 bridgehead atoms. The minimum atomic E-state index is 0.216. The third-order valence-corrected chi connectivity index (χ3v) is 3.82. The molecule has 0 radical (unpaired) electrons. The molecule has 2 N–H and O–H groups in total. The van der Waals surface area contributed by atoms with Crippen LogP contribution in [0, 0.1) is 17.2 Å². The molecule has 4 heteroatoms. The van der Waals surface area contributed by atoms with Crippen LogP contribution in [0.5, 0.6) is 0 Å². The van der Waals surface area contributed by atoms with E-state index in [1.807, 2.05) is 0 Å². The maximum Gasteiger partial charge on any atom is 0.0672 e. The summed E-state index contributed by atoms with van der Waals surface area (Å²) in [5.41, 5.74) is 0. The number of morpholine rings is 1. The van der Waals surface area contributed by atoms with Crippen molar-refractivity contribution in [3.8, 4) is 6.07 Å². The van der Waals surface area contributed by atoms with Gasteiger partial charge >= 0.3 is 0 Å². The molecule has 17 heavy (non-hydrogen) atoms. The second-order valence-corrected chi connectivity index (χ2v) is 5.30. The fraction of sp³-hybridized carbons (Fsp3) is 0.923. The van der Waals surface area contributed by atoms with Gasteiger partial charge in [-0.3, -0.25) is 0 Å². The second-order valence-electron chi connectivity index (χ2n) is 5.30. The van der Waals surface area contributed by atoms with Crippen molar-refractivity contribution in [3.63, 3.8) is 0 Å². The van der Waals surface area contributed by atoms with Gasteiger partial charge in [-0.25, -0.2) is 0 Å². The molecule has 4 atom stereocenters. The molecule has 1 aliphatic heterocycles. The standard InChI is InChI=1S/C13H23N3O/c1-10(7-12-9-17-6-5-15-12)16-13-4-2-3-11(13)8-14/h10-13,15-16H,2-7,9H2,1H3. The van der Waals surface area contributed by atoms with E-state index >= 15 is 0 Å². The monoisotopic (exact) mass is 237 g/mol. The summed E-state index contributed by atoms with van der Waals surface area (Å²) in [5.74, 6) is 0.216. The molecular weight excluding hydrogens is 214 g/mol. The average Bonchev–Trinajstić information content (AvgIpc) is 2.77. The Hall–Kier alpha value is -0.630. The molecule has 1 saturated heterocycles. The van der Waals surface area contributed by atoms with Gasteiger partial charge in [0.2, 0.25) is 0 Å². The lowest BCUT2D eigenvalue weighted by Gasteiger charge is -2.28. The quantitative estimate of drug-likeness (QED) is 0.767. The lowest BCUT2D eigenvalue weighted by atomic mass is 10.0. The Balaban J connectivity index is 1.72. The Morgan fingerprint density at radius 3 is 3.12 bits per heavy atom. The van der Waals surface area contributed by atoms with E-state index in [1.54, 1.807) is 0 Å². The molecule has 4 nitrogen and oxygen atoms in total. The summed E-state index contributed by atoms with van der Waals surface area (Å²) >= 11 is 0. The van der Waals surface area contributed by atoms with Gasteiger partial charge in [0.1, 0.15) is 0 Å². The number of hydrogen-bond acceptors (Lipinski definition) is 4. The topological polar surface area (TPSA) is 57.1 Å². The van der Waals surface area contributed by atoms with Crippen LogP contribution >= 0.6 is 0 Å². The van der Waals surface area contributed by atoms with Gasteiger partial charge in [-0.15, -0.1) is 0 Å². The third-order valence-electron chi connectivity index (χ3n) is 3.82. The van der Waals surface area contributed by atoms with Crippen LogP contribution in [-0.4, -0.2) is 37.9 Å². The highest BCUT2D eigenvalue weighted by Gasteiger charge is 2.28. The van der Waals surface area contributed by atoms with E-state index < -0.39 is 0 Å². The molecule has 0 amide bonds. The summed E-state index contributed by atoms with van der Waals surface area (Å²) in [5, 5.41) is 16.1. The normalized spacial score (nSPS) is 35.4. The van der Waals surface area contributed by atoms with E-state index in [0.717, 1.165) is 39.0 Å².